The van der Waals surface area contributed by atoms with E-state index < -0.39 is 12.2 Å². The summed E-state index contributed by atoms with van der Waals surface area (Å²) in [7, 11) is 0. The van der Waals surface area contributed by atoms with Crippen LogP contribution < -0.4 is 0 Å². The van der Waals surface area contributed by atoms with Gasteiger partial charge in [0.1, 0.15) is 6.04 Å². The Hall–Kier alpha value is -1.03. The van der Waals surface area contributed by atoms with Crippen LogP contribution in [-0.4, -0.2) is 30.2 Å². The minimum absolute atomic E-state index is 0.248. The predicted octanol–water partition coefficient (Wildman–Crippen LogP) is 2.87. The summed E-state index contributed by atoms with van der Waals surface area (Å²) in [5, 5.41) is 0. The SMILES string of the molecule is FC(F)(F)C1CCN1CCc1ccccc1. The Morgan fingerprint density at radius 3 is 2.38 bits per heavy atom. The van der Waals surface area contributed by atoms with Crippen LogP contribution in [-0.2, 0) is 6.42 Å². The zero-order valence-electron chi connectivity index (χ0n) is 8.87. The maximum absolute atomic E-state index is 12.4. The highest BCUT2D eigenvalue weighted by Crippen LogP contribution is 2.33. The van der Waals surface area contributed by atoms with Crippen molar-refractivity contribution in [1.82, 2.24) is 4.90 Å². The number of alkyl halides is 3. The third-order valence-corrected chi connectivity index (χ3v) is 3.04. The van der Waals surface area contributed by atoms with Crippen LogP contribution >= 0.6 is 0 Å². The average Bonchev–Trinajstić information content (AvgIpc) is 2.15. The van der Waals surface area contributed by atoms with E-state index in [0.717, 1.165) is 5.56 Å². The van der Waals surface area contributed by atoms with E-state index in [1.54, 1.807) is 0 Å². The first-order chi connectivity index (χ1) is 7.57. The molecule has 0 N–H and O–H groups in total. The van der Waals surface area contributed by atoms with Crippen LogP contribution in [0.2, 0.25) is 0 Å². The number of likely N-dealkylation sites (tertiary alicyclic amines) is 1. The van der Waals surface area contributed by atoms with Crippen molar-refractivity contribution in [2.45, 2.75) is 25.1 Å². The molecular weight excluding hydrogens is 215 g/mol. The average molecular weight is 229 g/mol. The van der Waals surface area contributed by atoms with Crippen LogP contribution in [0.4, 0.5) is 13.2 Å². The van der Waals surface area contributed by atoms with Crippen LogP contribution in [0.1, 0.15) is 12.0 Å². The predicted molar refractivity (Wildman–Crippen MR) is 56.2 cm³/mol. The van der Waals surface area contributed by atoms with E-state index in [1.807, 2.05) is 30.3 Å². The maximum Gasteiger partial charge on any atom is 0.404 e. The fourth-order valence-corrected chi connectivity index (χ4v) is 2.00. The van der Waals surface area contributed by atoms with Crippen molar-refractivity contribution >= 4 is 0 Å². The van der Waals surface area contributed by atoms with Crippen molar-refractivity contribution in [3.05, 3.63) is 35.9 Å². The summed E-state index contributed by atoms with van der Waals surface area (Å²) in [6.45, 7) is 1.06. The van der Waals surface area contributed by atoms with Gasteiger partial charge in [-0.15, -0.1) is 0 Å². The molecular formula is C12H14F3N. The highest BCUT2D eigenvalue weighted by molar-refractivity contribution is 5.15. The molecule has 0 bridgehead atoms. The van der Waals surface area contributed by atoms with E-state index >= 15 is 0 Å². The standard InChI is InChI=1S/C12H14F3N/c13-12(14,15)11-7-9-16(11)8-6-10-4-2-1-3-5-10/h1-5,11H,6-9H2. The van der Waals surface area contributed by atoms with Crippen LogP contribution in [0, 0.1) is 0 Å². The molecule has 0 saturated carbocycles. The van der Waals surface area contributed by atoms with Crippen molar-refractivity contribution < 1.29 is 13.2 Å². The zero-order chi connectivity index (χ0) is 11.6. The summed E-state index contributed by atoms with van der Waals surface area (Å²) >= 11 is 0. The fraction of sp³-hybridized carbons (Fsp3) is 0.500. The lowest BCUT2D eigenvalue weighted by Crippen LogP contribution is -2.56. The lowest BCUT2D eigenvalue weighted by atomic mass is 10.0. The molecule has 1 saturated heterocycles. The second kappa shape index (κ2) is 4.45. The van der Waals surface area contributed by atoms with Gasteiger partial charge in [0.2, 0.25) is 0 Å². The van der Waals surface area contributed by atoms with E-state index in [2.05, 4.69) is 0 Å². The molecule has 1 fully saturated rings. The van der Waals surface area contributed by atoms with Gasteiger partial charge in [0, 0.05) is 13.1 Å². The monoisotopic (exact) mass is 229 g/mol. The molecule has 0 spiro atoms. The van der Waals surface area contributed by atoms with Gasteiger partial charge in [-0.2, -0.15) is 13.2 Å². The molecule has 0 aromatic heterocycles. The summed E-state index contributed by atoms with van der Waals surface area (Å²) in [5.74, 6) is 0. The molecule has 1 atom stereocenters. The molecule has 1 aromatic rings. The number of hydrogen-bond donors (Lipinski definition) is 0. The number of nitrogens with zero attached hydrogens (tertiary/aromatic N) is 1. The van der Waals surface area contributed by atoms with Gasteiger partial charge in [0.15, 0.2) is 0 Å². The summed E-state index contributed by atoms with van der Waals surface area (Å²) in [6.07, 6.45) is -3.12. The fourth-order valence-electron chi connectivity index (χ4n) is 2.00. The first-order valence-corrected chi connectivity index (χ1v) is 5.42. The highest BCUT2D eigenvalue weighted by atomic mass is 19.4. The van der Waals surface area contributed by atoms with Crippen molar-refractivity contribution in [2.75, 3.05) is 13.1 Å². The van der Waals surface area contributed by atoms with Crippen LogP contribution in [0.5, 0.6) is 0 Å². The Morgan fingerprint density at radius 2 is 1.88 bits per heavy atom. The molecule has 1 aliphatic heterocycles. The summed E-state index contributed by atoms with van der Waals surface area (Å²) in [5.41, 5.74) is 1.09. The lowest BCUT2D eigenvalue weighted by Gasteiger charge is -2.41. The quantitative estimate of drug-likeness (QED) is 0.770. The van der Waals surface area contributed by atoms with Crippen molar-refractivity contribution in [3.8, 4) is 0 Å². The van der Waals surface area contributed by atoms with Gasteiger partial charge in [0.25, 0.3) is 0 Å². The van der Waals surface area contributed by atoms with Gasteiger partial charge in [-0.05, 0) is 18.4 Å². The number of rotatable bonds is 3. The summed E-state index contributed by atoms with van der Waals surface area (Å²) < 4.78 is 37.3. The minimum atomic E-state index is -4.06. The molecule has 0 amide bonds. The third-order valence-electron chi connectivity index (χ3n) is 3.04. The molecule has 4 heteroatoms. The number of halogens is 3. The molecule has 2 rings (SSSR count). The number of hydrogen-bond acceptors (Lipinski definition) is 1. The molecule has 0 aliphatic carbocycles. The molecule has 1 unspecified atom stereocenters. The zero-order valence-corrected chi connectivity index (χ0v) is 8.87. The first-order valence-electron chi connectivity index (χ1n) is 5.42. The lowest BCUT2D eigenvalue weighted by molar-refractivity contribution is -0.210. The van der Waals surface area contributed by atoms with Crippen molar-refractivity contribution in [2.24, 2.45) is 0 Å². The van der Waals surface area contributed by atoms with Crippen molar-refractivity contribution in [1.29, 1.82) is 0 Å². The first kappa shape index (κ1) is 11.5. The van der Waals surface area contributed by atoms with E-state index in [4.69, 9.17) is 0 Å². The molecule has 88 valence electrons. The Morgan fingerprint density at radius 1 is 1.19 bits per heavy atom. The second-order valence-corrected chi connectivity index (χ2v) is 4.12. The second-order valence-electron chi connectivity index (χ2n) is 4.12. The maximum atomic E-state index is 12.4. The topological polar surface area (TPSA) is 3.24 Å². The molecule has 1 aliphatic rings. The molecule has 1 nitrogen and oxygen atoms in total. The van der Waals surface area contributed by atoms with Crippen molar-refractivity contribution in [3.63, 3.8) is 0 Å². The van der Waals surface area contributed by atoms with E-state index in [-0.39, 0.29) is 6.42 Å². The van der Waals surface area contributed by atoms with Crippen LogP contribution in [0.3, 0.4) is 0 Å². The smallest absolute Gasteiger partial charge is 0.292 e. The minimum Gasteiger partial charge on any atom is -0.292 e. The summed E-state index contributed by atoms with van der Waals surface area (Å²) in [4.78, 5) is 1.51. The van der Waals surface area contributed by atoms with E-state index in [0.29, 0.717) is 19.5 Å². The molecule has 1 heterocycles. The Bertz CT molecular complexity index is 334. The van der Waals surface area contributed by atoms with E-state index in [9.17, 15) is 13.2 Å². The van der Waals surface area contributed by atoms with E-state index in [1.165, 1.54) is 4.90 Å². The third kappa shape index (κ3) is 2.55. The molecule has 0 radical (unpaired) electrons. The molecule has 16 heavy (non-hydrogen) atoms. The van der Waals surface area contributed by atoms with Gasteiger partial charge in [-0.25, -0.2) is 0 Å². The largest absolute Gasteiger partial charge is 0.404 e. The van der Waals surface area contributed by atoms with Gasteiger partial charge in [0.05, 0.1) is 0 Å². The van der Waals surface area contributed by atoms with Gasteiger partial charge < -0.3 is 0 Å². The van der Waals surface area contributed by atoms with Crippen LogP contribution in [0.15, 0.2) is 30.3 Å². The Balaban J connectivity index is 1.84. The van der Waals surface area contributed by atoms with Gasteiger partial charge >= 0.3 is 6.18 Å². The molecule has 1 aromatic carbocycles. The summed E-state index contributed by atoms with van der Waals surface area (Å²) in [6, 6.07) is 8.41. The highest BCUT2D eigenvalue weighted by Gasteiger charge is 2.48. The Labute approximate surface area is 92.9 Å². The Kier molecular flexibility index (Phi) is 3.19. The van der Waals surface area contributed by atoms with Crippen LogP contribution in [0.25, 0.3) is 0 Å². The number of benzene rings is 1. The van der Waals surface area contributed by atoms with Gasteiger partial charge in [-0.3, -0.25) is 4.90 Å². The van der Waals surface area contributed by atoms with Gasteiger partial charge in [-0.1, -0.05) is 30.3 Å². The normalized spacial score (nSPS) is 21.8.